The summed E-state index contributed by atoms with van der Waals surface area (Å²) in [5.41, 5.74) is 0.819. The second kappa shape index (κ2) is 10.3. The van der Waals surface area contributed by atoms with E-state index in [1.165, 1.54) is 0 Å². The molecule has 29 heavy (non-hydrogen) atoms. The van der Waals surface area contributed by atoms with Gasteiger partial charge < -0.3 is 15.5 Å². The zero-order valence-electron chi connectivity index (χ0n) is 16.9. The molecule has 1 unspecified atom stereocenters. The van der Waals surface area contributed by atoms with E-state index in [4.69, 9.17) is 0 Å². The highest BCUT2D eigenvalue weighted by Crippen LogP contribution is 2.33. The summed E-state index contributed by atoms with van der Waals surface area (Å²) in [4.78, 5) is 30.9. The number of carbonyl (C=O) groups is 2. The molecule has 3 rings (SSSR count). The van der Waals surface area contributed by atoms with Crippen LogP contribution in [0.25, 0.3) is 0 Å². The van der Waals surface area contributed by atoms with Crippen LogP contribution in [0.4, 0.5) is 10.5 Å². The topological polar surface area (TPSA) is 64.7 Å². The molecule has 1 aliphatic rings. The number of amides is 3. The third-order valence-electron chi connectivity index (χ3n) is 4.97. The van der Waals surface area contributed by atoms with E-state index in [1.54, 1.807) is 16.7 Å². The van der Waals surface area contributed by atoms with Crippen LogP contribution in [0.1, 0.15) is 13.8 Å². The van der Waals surface area contributed by atoms with E-state index < -0.39 is 0 Å². The molecule has 1 heterocycles. The summed E-state index contributed by atoms with van der Waals surface area (Å²) in [6, 6.07) is 17.7. The van der Waals surface area contributed by atoms with Crippen LogP contribution in [-0.4, -0.2) is 60.5 Å². The predicted octanol–water partition coefficient (Wildman–Crippen LogP) is 3.51. The summed E-state index contributed by atoms with van der Waals surface area (Å²) in [6.07, 6.45) is 0. The molecular formula is C22H28N4O2S. The van der Waals surface area contributed by atoms with Gasteiger partial charge in [-0.25, -0.2) is 4.79 Å². The lowest BCUT2D eigenvalue weighted by Crippen LogP contribution is -2.55. The number of nitrogens with zero attached hydrogens (tertiary/aromatic N) is 2. The minimum atomic E-state index is -0.263. The van der Waals surface area contributed by atoms with Crippen LogP contribution in [0.3, 0.4) is 0 Å². The third-order valence-corrected chi connectivity index (χ3v) is 6.06. The number of benzene rings is 2. The Morgan fingerprint density at radius 3 is 2.34 bits per heavy atom. The van der Waals surface area contributed by atoms with E-state index >= 15 is 0 Å². The fourth-order valence-electron chi connectivity index (χ4n) is 3.25. The summed E-state index contributed by atoms with van der Waals surface area (Å²) in [5, 5.41) is 5.92. The largest absolute Gasteiger partial charge is 0.338 e. The van der Waals surface area contributed by atoms with Crippen molar-refractivity contribution < 1.29 is 9.59 Å². The number of nitrogens with one attached hydrogen (secondary N) is 2. The van der Waals surface area contributed by atoms with Crippen LogP contribution in [0, 0.1) is 0 Å². The number of carbonyl (C=O) groups excluding carboxylic acids is 2. The Balaban J connectivity index is 1.59. The average molecular weight is 413 g/mol. The molecule has 2 N–H and O–H groups in total. The Labute approximate surface area is 176 Å². The quantitative estimate of drug-likeness (QED) is 0.762. The highest BCUT2D eigenvalue weighted by Gasteiger charge is 2.27. The van der Waals surface area contributed by atoms with Crippen LogP contribution < -0.4 is 10.6 Å². The van der Waals surface area contributed by atoms with E-state index in [0.29, 0.717) is 32.7 Å². The molecule has 1 atom stereocenters. The number of urea groups is 1. The molecule has 7 heteroatoms. The van der Waals surface area contributed by atoms with E-state index in [2.05, 4.69) is 27.7 Å². The Hall–Kier alpha value is -2.51. The first-order chi connectivity index (χ1) is 14.1. The predicted molar refractivity (Wildman–Crippen MR) is 117 cm³/mol. The normalized spacial score (nSPS) is 15.6. The number of rotatable bonds is 6. The van der Waals surface area contributed by atoms with Crippen LogP contribution in [0.2, 0.25) is 0 Å². The maximum Gasteiger partial charge on any atom is 0.317 e. The van der Waals surface area contributed by atoms with Crippen molar-refractivity contribution in [3.63, 3.8) is 0 Å². The molecular weight excluding hydrogens is 384 g/mol. The fraction of sp³-hybridized carbons (Fsp3) is 0.364. The van der Waals surface area contributed by atoms with Crippen LogP contribution in [0.5, 0.6) is 0 Å². The SMILES string of the molecule is CCNC(=O)N1CCN(C(C)C(=O)Nc2ccccc2Sc2ccccc2)CC1. The molecule has 0 saturated carbocycles. The second-order valence-electron chi connectivity index (χ2n) is 6.93. The fourth-order valence-corrected chi connectivity index (χ4v) is 4.18. The molecule has 2 aromatic carbocycles. The smallest absolute Gasteiger partial charge is 0.317 e. The van der Waals surface area contributed by atoms with Gasteiger partial charge in [0.15, 0.2) is 0 Å². The van der Waals surface area contributed by atoms with Crippen molar-refractivity contribution in [3.05, 3.63) is 54.6 Å². The van der Waals surface area contributed by atoms with Crippen LogP contribution in [-0.2, 0) is 4.79 Å². The number of anilines is 1. The van der Waals surface area contributed by atoms with E-state index in [-0.39, 0.29) is 18.0 Å². The van der Waals surface area contributed by atoms with Gasteiger partial charge in [0.25, 0.3) is 0 Å². The molecule has 154 valence electrons. The molecule has 6 nitrogen and oxygen atoms in total. The van der Waals surface area contributed by atoms with Crippen LogP contribution >= 0.6 is 11.8 Å². The maximum atomic E-state index is 12.9. The lowest BCUT2D eigenvalue weighted by atomic mass is 10.2. The minimum Gasteiger partial charge on any atom is -0.338 e. The number of piperazine rings is 1. The summed E-state index contributed by atoms with van der Waals surface area (Å²) < 4.78 is 0. The molecule has 2 aromatic rings. The van der Waals surface area contributed by atoms with Gasteiger partial charge in [0.05, 0.1) is 11.7 Å². The lowest BCUT2D eigenvalue weighted by molar-refractivity contribution is -0.121. The molecule has 0 aliphatic carbocycles. The summed E-state index contributed by atoms with van der Waals surface area (Å²) in [6.45, 7) is 7.09. The Morgan fingerprint density at radius 2 is 1.66 bits per heavy atom. The van der Waals surface area contributed by atoms with E-state index in [9.17, 15) is 9.59 Å². The molecule has 0 bridgehead atoms. The minimum absolute atomic E-state index is 0.0300. The van der Waals surface area contributed by atoms with Gasteiger partial charge in [-0.05, 0) is 38.1 Å². The van der Waals surface area contributed by atoms with Crippen molar-refractivity contribution in [2.75, 3.05) is 38.0 Å². The molecule has 0 aromatic heterocycles. The van der Waals surface area contributed by atoms with E-state index in [1.807, 2.05) is 56.3 Å². The molecule has 3 amide bonds. The third kappa shape index (κ3) is 5.74. The van der Waals surface area contributed by atoms with Gasteiger partial charge in [0.2, 0.25) is 5.91 Å². The Bertz CT molecular complexity index is 823. The first-order valence-corrected chi connectivity index (χ1v) is 10.8. The van der Waals surface area contributed by atoms with Gasteiger partial charge in [0.1, 0.15) is 0 Å². The van der Waals surface area contributed by atoms with Crippen LogP contribution in [0.15, 0.2) is 64.4 Å². The van der Waals surface area contributed by atoms with Crippen molar-refractivity contribution in [1.82, 2.24) is 15.1 Å². The first kappa shape index (κ1) is 21.2. The van der Waals surface area contributed by atoms with Crippen molar-refractivity contribution in [1.29, 1.82) is 0 Å². The monoisotopic (exact) mass is 412 g/mol. The van der Waals surface area contributed by atoms with Crippen molar-refractivity contribution in [2.45, 2.75) is 29.7 Å². The van der Waals surface area contributed by atoms with Gasteiger partial charge in [-0.1, -0.05) is 42.1 Å². The highest BCUT2D eigenvalue weighted by molar-refractivity contribution is 7.99. The summed E-state index contributed by atoms with van der Waals surface area (Å²) in [5.74, 6) is -0.0300. The molecule has 0 spiro atoms. The Kier molecular flexibility index (Phi) is 7.55. The molecule has 0 radical (unpaired) electrons. The van der Waals surface area contributed by atoms with Gasteiger partial charge in [0, 0.05) is 42.5 Å². The number of hydrogen-bond acceptors (Lipinski definition) is 4. The number of hydrogen-bond donors (Lipinski definition) is 2. The first-order valence-electron chi connectivity index (χ1n) is 9.98. The van der Waals surface area contributed by atoms with Crippen molar-refractivity contribution >= 4 is 29.4 Å². The average Bonchev–Trinajstić information content (AvgIpc) is 2.75. The zero-order chi connectivity index (χ0) is 20.6. The summed E-state index contributed by atoms with van der Waals surface area (Å²) >= 11 is 1.63. The van der Waals surface area contributed by atoms with Crippen molar-refractivity contribution in [3.8, 4) is 0 Å². The lowest BCUT2D eigenvalue weighted by Gasteiger charge is -2.37. The van der Waals surface area contributed by atoms with E-state index in [0.717, 1.165) is 15.5 Å². The zero-order valence-corrected chi connectivity index (χ0v) is 17.7. The summed E-state index contributed by atoms with van der Waals surface area (Å²) in [7, 11) is 0. The van der Waals surface area contributed by atoms with Gasteiger partial charge in [-0.3, -0.25) is 9.69 Å². The Morgan fingerprint density at radius 1 is 1.00 bits per heavy atom. The molecule has 1 aliphatic heterocycles. The van der Waals surface area contributed by atoms with Gasteiger partial charge in [-0.15, -0.1) is 0 Å². The van der Waals surface area contributed by atoms with Gasteiger partial charge in [-0.2, -0.15) is 0 Å². The highest BCUT2D eigenvalue weighted by atomic mass is 32.2. The number of para-hydroxylation sites is 1. The molecule has 1 saturated heterocycles. The van der Waals surface area contributed by atoms with Crippen molar-refractivity contribution in [2.24, 2.45) is 0 Å². The molecule has 1 fully saturated rings. The maximum absolute atomic E-state index is 12.9. The van der Waals surface area contributed by atoms with Gasteiger partial charge >= 0.3 is 6.03 Å². The standard InChI is InChI=1S/C22H28N4O2S/c1-3-23-22(28)26-15-13-25(14-16-26)17(2)21(27)24-19-11-7-8-12-20(19)29-18-9-5-4-6-10-18/h4-12,17H,3,13-16H2,1-2H3,(H,23,28)(H,24,27). The second-order valence-corrected chi connectivity index (χ2v) is 8.05.